The van der Waals surface area contributed by atoms with E-state index < -0.39 is 9.05 Å². The van der Waals surface area contributed by atoms with Gasteiger partial charge in [-0.15, -0.1) is 0 Å². The summed E-state index contributed by atoms with van der Waals surface area (Å²) in [6, 6.07) is 6.63. The molecule has 5 nitrogen and oxygen atoms in total. The normalized spacial score (nSPS) is 11.1. The smallest absolute Gasteiger partial charge is 0.337 e. The predicted octanol–water partition coefficient (Wildman–Crippen LogP) is 2.59. The number of hydrogen-bond acceptors (Lipinski definition) is 5. The molecule has 0 unspecified atom stereocenters. The Morgan fingerprint density at radius 2 is 1.80 bits per heavy atom. The van der Waals surface area contributed by atoms with Gasteiger partial charge in [0, 0.05) is 10.7 Å². The van der Waals surface area contributed by atoms with Crippen LogP contribution in [-0.4, -0.2) is 33.9 Å². The summed E-state index contributed by atoms with van der Waals surface area (Å²) in [5, 5.41) is 0. The average molecular weight is 321 g/mol. The summed E-state index contributed by atoms with van der Waals surface area (Å²) in [7, 11) is 3.03. The Kier molecular flexibility index (Phi) is 6.81. The van der Waals surface area contributed by atoms with Gasteiger partial charge in [-0.25, -0.2) is 13.2 Å². The predicted molar refractivity (Wildman–Crippen MR) is 76.8 cm³/mol. The van der Waals surface area contributed by atoms with Crippen molar-refractivity contribution in [3.05, 3.63) is 29.8 Å². The number of methoxy groups -OCH3 is 1. The molecule has 0 amide bonds. The molecule has 0 atom stereocenters. The van der Waals surface area contributed by atoms with E-state index in [1.165, 1.54) is 7.11 Å². The number of carbonyl (C=O) groups excluding carboxylic acids is 1. The Morgan fingerprint density at radius 3 is 2.35 bits per heavy atom. The molecule has 0 aliphatic rings. The summed E-state index contributed by atoms with van der Waals surface area (Å²) in [5.74, 6) is 0.254. The first-order valence-electron chi connectivity index (χ1n) is 6.16. The number of carbonyl (C=O) groups is 1. The van der Waals surface area contributed by atoms with Crippen LogP contribution in [0.15, 0.2) is 24.3 Å². The lowest BCUT2D eigenvalue weighted by molar-refractivity contribution is 0.0600. The summed E-state index contributed by atoms with van der Waals surface area (Å²) in [4.78, 5) is 11.2. The zero-order valence-electron chi connectivity index (χ0n) is 11.2. The number of unbranched alkanes of at least 4 members (excludes halogenated alkanes) is 2. The Balaban J connectivity index is 2.24. The highest BCUT2D eigenvalue weighted by molar-refractivity contribution is 8.13. The van der Waals surface area contributed by atoms with Gasteiger partial charge in [-0.05, 0) is 43.5 Å². The molecular weight excluding hydrogens is 304 g/mol. The highest BCUT2D eigenvalue weighted by Crippen LogP contribution is 2.13. The van der Waals surface area contributed by atoms with Crippen LogP contribution in [-0.2, 0) is 13.8 Å². The molecule has 0 saturated carbocycles. The van der Waals surface area contributed by atoms with E-state index in [0.717, 1.165) is 12.8 Å². The monoisotopic (exact) mass is 320 g/mol. The van der Waals surface area contributed by atoms with Crippen LogP contribution < -0.4 is 4.74 Å². The first-order chi connectivity index (χ1) is 9.42. The van der Waals surface area contributed by atoms with Gasteiger partial charge >= 0.3 is 5.97 Å². The quantitative estimate of drug-likeness (QED) is 0.418. The van der Waals surface area contributed by atoms with Crippen molar-refractivity contribution >= 4 is 25.7 Å². The molecule has 1 aromatic rings. The summed E-state index contributed by atoms with van der Waals surface area (Å²) in [6.07, 6.45) is 1.99. The van der Waals surface area contributed by atoms with Crippen LogP contribution in [0.1, 0.15) is 29.6 Å². The first kappa shape index (κ1) is 16.8. The summed E-state index contributed by atoms with van der Waals surface area (Å²) in [6.45, 7) is 0.486. The molecule has 0 saturated heterocycles. The fraction of sp³-hybridized carbons (Fsp3) is 0.462. The van der Waals surface area contributed by atoms with Crippen molar-refractivity contribution in [2.75, 3.05) is 19.5 Å². The fourth-order valence-electron chi connectivity index (χ4n) is 1.55. The van der Waals surface area contributed by atoms with Crippen LogP contribution >= 0.6 is 10.7 Å². The van der Waals surface area contributed by atoms with Gasteiger partial charge in [0.15, 0.2) is 0 Å². The molecule has 112 valence electrons. The lowest BCUT2D eigenvalue weighted by Gasteiger charge is -2.06. The van der Waals surface area contributed by atoms with E-state index in [-0.39, 0.29) is 11.7 Å². The number of esters is 1. The third-order valence-electron chi connectivity index (χ3n) is 2.58. The van der Waals surface area contributed by atoms with Gasteiger partial charge in [0.05, 0.1) is 25.0 Å². The molecule has 0 bridgehead atoms. The summed E-state index contributed by atoms with van der Waals surface area (Å²) in [5.41, 5.74) is 0.465. The number of halogens is 1. The van der Waals surface area contributed by atoms with Crippen molar-refractivity contribution in [2.24, 2.45) is 0 Å². The van der Waals surface area contributed by atoms with Crippen LogP contribution in [0, 0.1) is 0 Å². The zero-order chi connectivity index (χ0) is 15.0. The third-order valence-corrected chi connectivity index (χ3v) is 3.82. The molecule has 0 aliphatic carbocycles. The molecule has 0 fully saturated rings. The van der Waals surface area contributed by atoms with Crippen LogP contribution in [0.4, 0.5) is 0 Å². The maximum absolute atomic E-state index is 11.2. The second-order valence-electron chi connectivity index (χ2n) is 4.17. The van der Waals surface area contributed by atoms with Gasteiger partial charge in [-0.1, -0.05) is 0 Å². The van der Waals surface area contributed by atoms with Crippen molar-refractivity contribution < 1.29 is 22.7 Å². The van der Waals surface area contributed by atoms with E-state index in [1.54, 1.807) is 24.3 Å². The van der Waals surface area contributed by atoms with Gasteiger partial charge in [0.25, 0.3) is 0 Å². The summed E-state index contributed by atoms with van der Waals surface area (Å²) < 4.78 is 31.4. The van der Waals surface area contributed by atoms with Crippen molar-refractivity contribution in [3.63, 3.8) is 0 Å². The van der Waals surface area contributed by atoms with Crippen molar-refractivity contribution in [3.8, 4) is 5.75 Å². The highest BCUT2D eigenvalue weighted by atomic mass is 35.7. The molecule has 1 rings (SSSR count). The van der Waals surface area contributed by atoms with Crippen LogP contribution in [0.3, 0.4) is 0 Å². The summed E-state index contributed by atoms with van der Waals surface area (Å²) >= 11 is 0. The Bertz CT molecular complexity index is 524. The van der Waals surface area contributed by atoms with Gasteiger partial charge < -0.3 is 9.47 Å². The Labute approximate surface area is 123 Å². The molecule has 1 aromatic carbocycles. The maximum Gasteiger partial charge on any atom is 0.337 e. The van der Waals surface area contributed by atoms with E-state index >= 15 is 0 Å². The lowest BCUT2D eigenvalue weighted by atomic mass is 10.2. The number of benzene rings is 1. The van der Waals surface area contributed by atoms with E-state index in [4.69, 9.17) is 15.4 Å². The average Bonchev–Trinajstić information content (AvgIpc) is 2.41. The fourth-order valence-corrected chi connectivity index (χ4v) is 2.42. The van der Waals surface area contributed by atoms with Gasteiger partial charge in [-0.2, -0.15) is 0 Å². The molecule has 0 aromatic heterocycles. The molecular formula is C13H17ClO5S. The number of hydrogen-bond donors (Lipinski definition) is 0. The number of rotatable bonds is 8. The van der Waals surface area contributed by atoms with Crippen LogP contribution in [0.5, 0.6) is 5.75 Å². The lowest BCUT2D eigenvalue weighted by Crippen LogP contribution is -2.02. The zero-order valence-corrected chi connectivity index (χ0v) is 12.7. The van der Waals surface area contributed by atoms with Gasteiger partial charge in [0.2, 0.25) is 9.05 Å². The molecule has 0 aliphatic heterocycles. The minimum Gasteiger partial charge on any atom is -0.494 e. The molecule has 0 radical (unpaired) electrons. The van der Waals surface area contributed by atoms with E-state index in [1.807, 2.05) is 0 Å². The maximum atomic E-state index is 11.2. The Hall–Kier alpha value is -1.27. The van der Waals surface area contributed by atoms with E-state index in [0.29, 0.717) is 24.3 Å². The molecule has 0 N–H and O–H groups in total. The first-order valence-corrected chi connectivity index (χ1v) is 8.64. The second kappa shape index (κ2) is 8.11. The SMILES string of the molecule is COC(=O)c1ccc(OCCCCCS(=O)(=O)Cl)cc1. The molecule has 0 spiro atoms. The van der Waals surface area contributed by atoms with Crippen LogP contribution in [0.2, 0.25) is 0 Å². The Morgan fingerprint density at radius 1 is 1.15 bits per heavy atom. The largest absolute Gasteiger partial charge is 0.494 e. The minimum absolute atomic E-state index is 0.0115. The van der Waals surface area contributed by atoms with Crippen molar-refractivity contribution in [1.29, 1.82) is 0 Å². The second-order valence-corrected chi connectivity index (χ2v) is 7.06. The number of ether oxygens (including phenoxy) is 2. The standard InChI is InChI=1S/C13H17ClO5S/c1-18-13(15)11-5-7-12(8-6-11)19-9-3-2-4-10-20(14,16)17/h5-8H,2-4,9-10H2,1H3. The van der Waals surface area contributed by atoms with E-state index in [2.05, 4.69) is 4.74 Å². The molecule has 0 heterocycles. The van der Waals surface area contributed by atoms with Gasteiger partial charge in [-0.3, -0.25) is 0 Å². The van der Waals surface area contributed by atoms with Crippen molar-refractivity contribution in [1.82, 2.24) is 0 Å². The van der Waals surface area contributed by atoms with E-state index in [9.17, 15) is 13.2 Å². The van der Waals surface area contributed by atoms with Crippen LogP contribution in [0.25, 0.3) is 0 Å². The van der Waals surface area contributed by atoms with Crippen molar-refractivity contribution in [2.45, 2.75) is 19.3 Å². The van der Waals surface area contributed by atoms with Gasteiger partial charge in [0.1, 0.15) is 5.75 Å². The molecule has 20 heavy (non-hydrogen) atoms. The topological polar surface area (TPSA) is 69.7 Å². The molecule has 7 heteroatoms. The highest BCUT2D eigenvalue weighted by Gasteiger charge is 2.05. The third kappa shape index (κ3) is 6.77. The minimum atomic E-state index is -3.39.